The number of rotatable bonds is 65. The van der Waals surface area contributed by atoms with Crippen molar-refractivity contribution in [1.29, 1.82) is 0 Å². The van der Waals surface area contributed by atoms with Crippen LogP contribution in [0.25, 0.3) is 0 Å². The Morgan fingerprint density at radius 3 is 0.756 bits per heavy atom. The molecule has 0 amide bonds. The lowest BCUT2D eigenvalue weighted by molar-refractivity contribution is -0.167. The van der Waals surface area contributed by atoms with Crippen molar-refractivity contribution in [2.24, 2.45) is 0 Å². The first-order chi connectivity index (χ1) is 40.5. The largest absolute Gasteiger partial charge is 0.462 e. The summed E-state index contributed by atoms with van der Waals surface area (Å²) in [6.45, 7) is 6.57. The van der Waals surface area contributed by atoms with Crippen LogP contribution in [0.1, 0.15) is 361 Å². The van der Waals surface area contributed by atoms with E-state index in [1.165, 1.54) is 218 Å². The highest BCUT2D eigenvalue weighted by Crippen LogP contribution is 2.18. The van der Waals surface area contributed by atoms with Crippen LogP contribution in [0.2, 0.25) is 0 Å². The maximum Gasteiger partial charge on any atom is 0.306 e. The Hall–Kier alpha value is -3.41. The van der Waals surface area contributed by atoms with Crippen molar-refractivity contribution in [3.05, 3.63) is 85.1 Å². The molecule has 0 saturated heterocycles. The Kier molecular flexibility index (Phi) is 67.2. The number of carbonyl (C=O) groups excluding carboxylic acids is 3. The van der Waals surface area contributed by atoms with Gasteiger partial charge in [-0.2, -0.15) is 0 Å². The molecule has 1 unspecified atom stereocenters. The average molecular weight is 1140 g/mol. The topological polar surface area (TPSA) is 78.9 Å². The predicted molar refractivity (Wildman–Crippen MR) is 358 cm³/mol. The molecule has 0 spiro atoms. The number of unbranched alkanes of at least 4 members (excludes halogenated alkanes) is 40. The molecule has 1 atom stereocenters. The van der Waals surface area contributed by atoms with Gasteiger partial charge in [-0.05, 0) is 96.3 Å². The lowest BCUT2D eigenvalue weighted by atomic mass is 10.0. The van der Waals surface area contributed by atoms with Crippen molar-refractivity contribution in [1.82, 2.24) is 0 Å². The Balaban J connectivity index is 4.35. The minimum absolute atomic E-state index is 0.0757. The minimum Gasteiger partial charge on any atom is -0.462 e. The molecule has 82 heavy (non-hydrogen) atoms. The van der Waals surface area contributed by atoms with E-state index >= 15 is 0 Å². The van der Waals surface area contributed by atoms with Gasteiger partial charge < -0.3 is 14.2 Å². The van der Waals surface area contributed by atoms with Gasteiger partial charge in [0.25, 0.3) is 0 Å². The second-order valence-corrected chi connectivity index (χ2v) is 23.8. The molecule has 0 rings (SSSR count). The van der Waals surface area contributed by atoms with Gasteiger partial charge in [0.15, 0.2) is 6.10 Å². The summed E-state index contributed by atoms with van der Waals surface area (Å²) in [6, 6.07) is 0. The Morgan fingerprint density at radius 1 is 0.256 bits per heavy atom. The predicted octanol–water partition coefficient (Wildman–Crippen LogP) is 24.6. The van der Waals surface area contributed by atoms with E-state index in [4.69, 9.17) is 14.2 Å². The first-order valence-electron chi connectivity index (χ1n) is 35.6. The van der Waals surface area contributed by atoms with Crippen LogP contribution >= 0.6 is 0 Å². The molecular weight excluding hydrogens is 1010 g/mol. The molecule has 0 aliphatic carbocycles. The van der Waals surface area contributed by atoms with Crippen molar-refractivity contribution in [2.75, 3.05) is 13.2 Å². The van der Waals surface area contributed by atoms with Crippen molar-refractivity contribution in [3.8, 4) is 0 Å². The molecule has 0 radical (unpaired) electrons. The zero-order chi connectivity index (χ0) is 59.2. The van der Waals surface area contributed by atoms with Gasteiger partial charge in [-0.15, -0.1) is 0 Å². The number of hydrogen-bond acceptors (Lipinski definition) is 6. The summed E-state index contributed by atoms with van der Waals surface area (Å²) < 4.78 is 17.0. The van der Waals surface area contributed by atoms with E-state index in [1.54, 1.807) is 0 Å². The third-order valence-corrected chi connectivity index (χ3v) is 15.6. The number of hydrogen-bond donors (Lipinski definition) is 0. The normalized spacial score (nSPS) is 12.6. The maximum atomic E-state index is 13.0. The van der Waals surface area contributed by atoms with Crippen LogP contribution < -0.4 is 0 Å². The summed E-state index contributed by atoms with van der Waals surface area (Å²) in [4.78, 5) is 38.5. The highest BCUT2D eigenvalue weighted by Gasteiger charge is 2.19. The SMILES string of the molecule is CC/C=C\C/C=C\C/C=C\C/C=C\C/C=C\C/C=C\CCCCCCCCCCC(=O)OCC(COC(=O)CCCCCCCCCCCCCCCCCC)OC(=O)CCCCCCCCCCC/C=C\CCCCCCCCCC. The van der Waals surface area contributed by atoms with Crippen molar-refractivity contribution in [2.45, 2.75) is 367 Å². The van der Waals surface area contributed by atoms with Gasteiger partial charge in [0.1, 0.15) is 13.2 Å². The lowest BCUT2D eigenvalue weighted by Crippen LogP contribution is -2.30. The third kappa shape index (κ3) is 67.4. The molecule has 0 aromatic carbocycles. The second kappa shape index (κ2) is 70.1. The fraction of sp³-hybridized carbons (Fsp3) is 0.776. The van der Waals surface area contributed by atoms with E-state index in [1.807, 2.05) is 0 Å². The molecule has 0 fully saturated rings. The molecule has 6 nitrogen and oxygen atoms in total. The maximum absolute atomic E-state index is 13.0. The summed E-state index contributed by atoms with van der Waals surface area (Å²) in [6.07, 6.45) is 93.1. The summed E-state index contributed by atoms with van der Waals surface area (Å²) in [5, 5.41) is 0. The monoisotopic (exact) mass is 1140 g/mol. The van der Waals surface area contributed by atoms with Gasteiger partial charge in [-0.3, -0.25) is 14.4 Å². The van der Waals surface area contributed by atoms with Crippen LogP contribution in [0.15, 0.2) is 85.1 Å². The highest BCUT2D eigenvalue weighted by atomic mass is 16.6. The standard InChI is InChI=1S/C76H134O6/c1-4-7-10-13-16-19-22-25-28-31-33-35-36-37-38-39-40-42-43-45-48-51-54-57-60-63-66-69-75(78)81-72-73(71-80-74(77)68-65-62-59-56-53-50-47-30-27-24-21-18-15-12-9-6-3)82-76(79)70-67-64-61-58-55-52-49-46-44-41-34-32-29-26-23-20-17-14-11-8-5-2/h7,10,16,19,25,28,32-35,37-38,40,42,73H,4-6,8-9,11-15,17-18,20-24,26-27,29-31,36,39,41,43-72H2,1-3H3/b10-7-,19-16-,28-25-,34-32-,35-33-,38-37-,42-40-. The molecule has 0 heterocycles. The number of carbonyl (C=O) groups is 3. The Labute approximate surface area is 509 Å². The Morgan fingerprint density at radius 2 is 0.476 bits per heavy atom. The van der Waals surface area contributed by atoms with Crippen molar-refractivity contribution in [3.63, 3.8) is 0 Å². The molecule has 0 aliphatic rings. The van der Waals surface area contributed by atoms with E-state index < -0.39 is 6.10 Å². The fourth-order valence-corrected chi connectivity index (χ4v) is 10.3. The molecule has 0 saturated carbocycles. The molecule has 6 heteroatoms. The zero-order valence-corrected chi connectivity index (χ0v) is 54.5. The summed E-state index contributed by atoms with van der Waals surface area (Å²) in [7, 11) is 0. The molecule has 0 bridgehead atoms. The van der Waals surface area contributed by atoms with Gasteiger partial charge in [0, 0.05) is 19.3 Å². The lowest BCUT2D eigenvalue weighted by Gasteiger charge is -2.18. The van der Waals surface area contributed by atoms with Crippen LogP contribution in [0.3, 0.4) is 0 Å². The van der Waals surface area contributed by atoms with E-state index in [0.717, 1.165) is 103 Å². The molecule has 0 N–H and O–H groups in total. The minimum atomic E-state index is -0.782. The smallest absolute Gasteiger partial charge is 0.306 e. The van der Waals surface area contributed by atoms with Gasteiger partial charge in [-0.1, -0.05) is 331 Å². The van der Waals surface area contributed by atoms with E-state index in [9.17, 15) is 14.4 Å². The van der Waals surface area contributed by atoms with Crippen LogP contribution in [0.5, 0.6) is 0 Å². The molecule has 0 aliphatic heterocycles. The van der Waals surface area contributed by atoms with Gasteiger partial charge in [-0.25, -0.2) is 0 Å². The van der Waals surface area contributed by atoms with Crippen LogP contribution in [-0.4, -0.2) is 37.2 Å². The van der Waals surface area contributed by atoms with Gasteiger partial charge >= 0.3 is 17.9 Å². The van der Waals surface area contributed by atoms with Crippen molar-refractivity contribution >= 4 is 17.9 Å². The van der Waals surface area contributed by atoms with Crippen LogP contribution in [-0.2, 0) is 28.6 Å². The molecule has 474 valence electrons. The molecule has 0 aromatic rings. The van der Waals surface area contributed by atoms with E-state index in [2.05, 4.69) is 106 Å². The summed E-state index contributed by atoms with van der Waals surface area (Å²) >= 11 is 0. The van der Waals surface area contributed by atoms with Gasteiger partial charge in [0.2, 0.25) is 0 Å². The third-order valence-electron chi connectivity index (χ3n) is 15.6. The quantitative estimate of drug-likeness (QED) is 0.0261. The number of allylic oxidation sites excluding steroid dienone is 14. The first-order valence-corrected chi connectivity index (χ1v) is 35.6. The van der Waals surface area contributed by atoms with Crippen LogP contribution in [0.4, 0.5) is 0 Å². The second-order valence-electron chi connectivity index (χ2n) is 23.8. The average Bonchev–Trinajstić information content (AvgIpc) is 3.47. The van der Waals surface area contributed by atoms with Crippen LogP contribution in [0, 0.1) is 0 Å². The van der Waals surface area contributed by atoms with E-state index in [0.29, 0.717) is 19.3 Å². The van der Waals surface area contributed by atoms with Gasteiger partial charge in [0.05, 0.1) is 0 Å². The van der Waals surface area contributed by atoms with E-state index in [-0.39, 0.29) is 31.1 Å². The molecule has 0 aromatic heterocycles. The summed E-state index contributed by atoms with van der Waals surface area (Å²) in [5.74, 6) is -0.865. The molecular formula is C76H134O6. The Bertz CT molecular complexity index is 1550. The highest BCUT2D eigenvalue weighted by molar-refractivity contribution is 5.71. The number of esters is 3. The fourth-order valence-electron chi connectivity index (χ4n) is 10.3. The summed E-state index contributed by atoms with van der Waals surface area (Å²) in [5.41, 5.74) is 0. The number of ether oxygens (including phenoxy) is 3. The zero-order valence-electron chi connectivity index (χ0n) is 54.5. The van der Waals surface area contributed by atoms with Crippen molar-refractivity contribution < 1.29 is 28.6 Å². The first kappa shape index (κ1) is 78.6.